The van der Waals surface area contributed by atoms with Crippen molar-refractivity contribution in [3.05, 3.63) is 52.8 Å². The van der Waals surface area contributed by atoms with Crippen molar-refractivity contribution in [3.63, 3.8) is 0 Å². The predicted octanol–water partition coefficient (Wildman–Crippen LogP) is 4.61. The summed E-state index contributed by atoms with van der Waals surface area (Å²) in [5.74, 6) is -0.246. The first-order valence-electron chi connectivity index (χ1n) is 13.4. The van der Waals surface area contributed by atoms with Crippen molar-refractivity contribution in [2.75, 3.05) is 29.9 Å². The molecule has 0 bridgehead atoms. The number of likely N-dealkylation sites (tertiary alicyclic amines) is 1. The molecule has 0 spiro atoms. The Kier molecular flexibility index (Phi) is 7.92. The molecule has 0 saturated carbocycles. The van der Waals surface area contributed by atoms with Gasteiger partial charge in [0.1, 0.15) is 17.2 Å². The van der Waals surface area contributed by atoms with Crippen molar-refractivity contribution in [3.8, 4) is 11.8 Å². The summed E-state index contributed by atoms with van der Waals surface area (Å²) in [6.45, 7) is 5.82. The summed E-state index contributed by atoms with van der Waals surface area (Å²) in [6, 6.07) is 11.7. The lowest BCUT2D eigenvalue weighted by molar-refractivity contribution is -0.140. The second-order valence-corrected chi connectivity index (χ2v) is 11.8. The fourth-order valence-electron chi connectivity index (χ4n) is 5.03. The third-order valence-electron chi connectivity index (χ3n) is 7.16. The number of anilines is 3. The van der Waals surface area contributed by atoms with Crippen molar-refractivity contribution in [2.45, 2.75) is 51.7 Å². The van der Waals surface area contributed by atoms with Crippen LogP contribution in [0.1, 0.15) is 39.2 Å². The van der Waals surface area contributed by atoms with Crippen LogP contribution in [0.5, 0.6) is 5.75 Å². The van der Waals surface area contributed by atoms with E-state index in [9.17, 15) is 19.2 Å². The largest absolute Gasteiger partial charge is 0.476 e. The third kappa shape index (κ3) is 6.38. The monoisotopic (exact) mass is 596 g/mol. The van der Waals surface area contributed by atoms with Gasteiger partial charge in [0.05, 0.1) is 34.4 Å². The molecule has 220 valence electrons. The zero-order valence-corrected chi connectivity index (χ0v) is 24.1. The second-order valence-electron chi connectivity index (χ2n) is 11.4. The molecule has 1 aromatic heterocycles. The minimum Gasteiger partial charge on any atom is -0.476 e. The van der Waals surface area contributed by atoms with Crippen molar-refractivity contribution >= 4 is 40.9 Å². The molecule has 0 radical (unpaired) electrons. The standard InChI is InChI=1S/C28H30ClFN8O4/c1-27(2,3)42-26(40)38-15-23(41-22-13-20(19(29)12-21(22)38)32-25-33-35-36-34-25)24(39)37-10-8-28(16-31,9-11-37)14-17-4-6-18(30)7-5-17/h4-7,12-13,23H,8-11,14-15H2,1-3H3,(H2,32,33,34,35,36). The number of carbonyl (C=O) groups is 2. The van der Waals surface area contributed by atoms with Gasteiger partial charge in [0.15, 0.2) is 6.10 Å². The Hall–Kier alpha value is -4.44. The number of nitriles is 1. The van der Waals surface area contributed by atoms with Gasteiger partial charge in [0.25, 0.3) is 11.9 Å². The highest BCUT2D eigenvalue weighted by molar-refractivity contribution is 6.33. The van der Waals surface area contributed by atoms with E-state index < -0.39 is 23.2 Å². The molecule has 1 unspecified atom stereocenters. The summed E-state index contributed by atoms with van der Waals surface area (Å²) < 4.78 is 25.1. The van der Waals surface area contributed by atoms with Gasteiger partial charge in [-0.15, -0.1) is 5.10 Å². The zero-order chi connectivity index (χ0) is 30.1. The Morgan fingerprint density at radius 1 is 1.26 bits per heavy atom. The van der Waals surface area contributed by atoms with Gasteiger partial charge in [-0.2, -0.15) is 10.5 Å². The Balaban J connectivity index is 1.35. The quantitative estimate of drug-likeness (QED) is 0.430. The number of carbonyl (C=O) groups excluding carboxylic acids is 2. The minimum absolute atomic E-state index is 0.0931. The molecule has 12 nitrogen and oxygen atoms in total. The van der Waals surface area contributed by atoms with Crippen LogP contribution in [0.2, 0.25) is 5.02 Å². The lowest BCUT2D eigenvalue weighted by atomic mass is 9.75. The maximum atomic E-state index is 13.7. The van der Waals surface area contributed by atoms with E-state index in [1.165, 1.54) is 17.0 Å². The summed E-state index contributed by atoms with van der Waals surface area (Å²) in [6.07, 6.45) is -0.333. The number of rotatable bonds is 5. The second kappa shape index (κ2) is 11.4. The molecule has 14 heteroatoms. The summed E-state index contributed by atoms with van der Waals surface area (Å²) >= 11 is 6.50. The lowest BCUT2D eigenvalue weighted by Gasteiger charge is -2.41. The molecule has 42 heavy (non-hydrogen) atoms. The van der Waals surface area contributed by atoms with E-state index in [2.05, 4.69) is 32.0 Å². The fourth-order valence-corrected chi connectivity index (χ4v) is 5.24. The van der Waals surface area contributed by atoms with Crippen molar-refractivity contribution in [1.82, 2.24) is 25.5 Å². The highest BCUT2D eigenvalue weighted by Crippen LogP contribution is 2.42. The Morgan fingerprint density at radius 3 is 2.60 bits per heavy atom. The van der Waals surface area contributed by atoms with Crippen LogP contribution in [0.4, 0.5) is 26.5 Å². The number of hydrogen-bond acceptors (Lipinski definition) is 9. The molecule has 2 aliphatic rings. The van der Waals surface area contributed by atoms with Crippen LogP contribution >= 0.6 is 11.6 Å². The third-order valence-corrected chi connectivity index (χ3v) is 7.48. The van der Waals surface area contributed by atoms with Gasteiger partial charge in [-0.3, -0.25) is 9.69 Å². The van der Waals surface area contributed by atoms with Gasteiger partial charge in [0, 0.05) is 19.2 Å². The first-order valence-corrected chi connectivity index (χ1v) is 13.8. The highest BCUT2D eigenvalue weighted by atomic mass is 35.5. The number of aromatic nitrogens is 4. The van der Waals surface area contributed by atoms with E-state index >= 15 is 0 Å². The van der Waals surface area contributed by atoms with Crippen molar-refractivity contribution < 1.29 is 23.5 Å². The molecule has 3 aromatic rings. The summed E-state index contributed by atoms with van der Waals surface area (Å²) in [4.78, 5) is 30.0. The predicted molar refractivity (Wildman–Crippen MR) is 151 cm³/mol. The number of nitrogens with one attached hydrogen (secondary N) is 2. The average molecular weight is 597 g/mol. The number of benzene rings is 2. The number of piperidine rings is 1. The Labute approximate surface area is 246 Å². The molecule has 2 N–H and O–H groups in total. The van der Waals surface area contributed by atoms with E-state index in [1.54, 1.807) is 49.9 Å². The van der Waals surface area contributed by atoms with Gasteiger partial charge in [-0.1, -0.05) is 28.8 Å². The summed E-state index contributed by atoms with van der Waals surface area (Å²) in [5.41, 5.74) is 0.132. The first-order chi connectivity index (χ1) is 19.9. The van der Waals surface area contributed by atoms with Crippen LogP contribution in [0.3, 0.4) is 0 Å². The molecule has 1 fully saturated rings. The number of fused-ring (bicyclic) bond motifs is 1. The number of H-pyrrole nitrogens is 1. The summed E-state index contributed by atoms with van der Waals surface area (Å²) in [7, 11) is 0. The van der Waals surface area contributed by atoms with E-state index in [-0.39, 0.29) is 35.0 Å². The van der Waals surface area contributed by atoms with Gasteiger partial charge < -0.3 is 19.7 Å². The number of hydrogen-bond donors (Lipinski definition) is 2. The van der Waals surface area contributed by atoms with Crippen LogP contribution in [0.25, 0.3) is 0 Å². The van der Waals surface area contributed by atoms with Crippen LogP contribution in [0, 0.1) is 22.6 Å². The maximum absolute atomic E-state index is 13.7. The van der Waals surface area contributed by atoms with Gasteiger partial charge >= 0.3 is 6.09 Å². The van der Waals surface area contributed by atoms with Crippen LogP contribution in [0.15, 0.2) is 36.4 Å². The zero-order valence-electron chi connectivity index (χ0n) is 23.4. The lowest BCUT2D eigenvalue weighted by Crippen LogP contribution is -2.54. The molecule has 5 rings (SSSR count). The minimum atomic E-state index is -1.03. The first kappa shape index (κ1) is 29.1. The molecular formula is C28H30ClFN8O4. The average Bonchev–Trinajstić information content (AvgIpc) is 3.46. The van der Waals surface area contributed by atoms with Crippen LogP contribution in [-0.2, 0) is 16.0 Å². The highest BCUT2D eigenvalue weighted by Gasteiger charge is 2.42. The number of halogens is 2. The molecule has 1 atom stereocenters. The molecule has 0 aliphatic carbocycles. The normalized spacial score (nSPS) is 18.0. The van der Waals surface area contributed by atoms with Gasteiger partial charge in [-0.25, -0.2) is 9.18 Å². The van der Waals surface area contributed by atoms with E-state index in [0.717, 1.165) is 5.56 Å². The van der Waals surface area contributed by atoms with E-state index in [4.69, 9.17) is 21.1 Å². The Morgan fingerprint density at radius 2 is 1.98 bits per heavy atom. The van der Waals surface area contributed by atoms with E-state index in [1.807, 2.05) is 0 Å². The van der Waals surface area contributed by atoms with Gasteiger partial charge in [0.2, 0.25) is 0 Å². The van der Waals surface area contributed by atoms with Crippen LogP contribution in [-0.4, -0.2) is 68.9 Å². The molecule has 2 amide bonds. The fraction of sp³-hybridized carbons (Fsp3) is 0.429. The van der Waals surface area contributed by atoms with Crippen LogP contribution < -0.4 is 15.0 Å². The topological polar surface area (TPSA) is 149 Å². The van der Waals surface area contributed by atoms with Gasteiger partial charge in [-0.05, 0) is 69.0 Å². The number of nitrogens with zero attached hydrogens (tertiary/aromatic N) is 6. The SMILES string of the molecule is CC(C)(C)OC(=O)N1CC(C(=O)N2CCC(C#N)(Cc3ccc(F)cc3)CC2)Oc2cc(Nc3nn[nH]n3)c(Cl)cc21. The molecule has 2 aromatic carbocycles. The smallest absolute Gasteiger partial charge is 0.415 e. The molecule has 3 heterocycles. The molecule has 1 saturated heterocycles. The summed E-state index contributed by atoms with van der Waals surface area (Å²) in [5, 5.41) is 26.8. The van der Waals surface area contributed by atoms with Crippen molar-refractivity contribution in [1.29, 1.82) is 5.26 Å². The Bertz CT molecular complexity index is 1500. The number of amides is 2. The molecular weight excluding hydrogens is 567 g/mol. The van der Waals surface area contributed by atoms with Crippen molar-refractivity contribution in [2.24, 2.45) is 5.41 Å². The number of aromatic amines is 1. The van der Waals surface area contributed by atoms with E-state index in [0.29, 0.717) is 43.7 Å². The number of ether oxygens (including phenoxy) is 2. The molecule has 2 aliphatic heterocycles. The maximum Gasteiger partial charge on any atom is 0.415 e. The number of tetrazole rings is 1.